The molecule has 0 aromatic heterocycles. The van der Waals surface area contributed by atoms with E-state index in [1.807, 2.05) is 78.9 Å². The van der Waals surface area contributed by atoms with Crippen molar-refractivity contribution in [1.29, 1.82) is 5.26 Å². The Morgan fingerprint density at radius 2 is 1.56 bits per heavy atom. The van der Waals surface area contributed by atoms with E-state index in [9.17, 15) is 10.1 Å². The van der Waals surface area contributed by atoms with Gasteiger partial charge in [-0.3, -0.25) is 4.79 Å². The van der Waals surface area contributed by atoms with Crippen molar-refractivity contribution in [2.24, 2.45) is 0 Å². The van der Waals surface area contributed by atoms with Crippen molar-refractivity contribution in [3.63, 3.8) is 0 Å². The van der Waals surface area contributed by atoms with Crippen molar-refractivity contribution in [1.82, 2.24) is 0 Å². The van der Waals surface area contributed by atoms with Crippen LogP contribution in [0.15, 0.2) is 91.0 Å². The summed E-state index contributed by atoms with van der Waals surface area (Å²) in [6, 6.07) is 31.0. The second-order valence-corrected chi connectivity index (χ2v) is 8.16. The molecule has 2 atom stereocenters. The van der Waals surface area contributed by atoms with E-state index < -0.39 is 5.92 Å². The smallest absolute Gasteiger partial charge is 0.163 e. The molecule has 158 valence electrons. The number of halogens is 1. The minimum Gasteiger partial charge on any atom is -0.497 e. The molecule has 0 aliphatic carbocycles. The Balaban J connectivity index is 1.70. The van der Waals surface area contributed by atoms with Gasteiger partial charge in [0.05, 0.1) is 19.1 Å². The molecule has 0 N–H and O–H groups in total. The average molecular weight is 440 g/mol. The maximum Gasteiger partial charge on any atom is 0.163 e. The van der Waals surface area contributed by atoms with Crippen LogP contribution in [0, 0.1) is 11.3 Å². The van der Waals surface area contributed by atoms with Crippen molar-refractivity contribution in [2.45, 2.75) is 18.3 Å². The van der Waals surface area contributed by atoms with Gasteiger partial charge in [0, 0.05) is 22.9 Å². The Morgan fingerprint density at radius 3 is 2.22 bits per heavy atom. The molecule has 4 heteroatoms. The highest BCUT2D eigenvalue weighted by molar-refractivity contribution is 6.30. The van der Waals surface area contributed by atoms with E-state index in [2.05, 4.69) is 6.07 Å². The van der Waals surface area contributed by atoms with Gasteiger partial charge >= 0.3 is 0 Å². The lowest BCUT2D eigenvalue weighted by molar-refractivity contribution is 0.0972. The number of fused-ring (bicyclic) bond motifs is 1. The molecule has 4 rings (SSSR count). The predicted molar refractivity (Wildman–Crippen MR) is 128 cm³/mol. The van der Waals surface area contributed by atoms with Gasteiger partial charge < -0.3 is 4.74 Å². The third kappa shape index (κ3) is 4.66. The molecule has 0 heterocycles. The quantitative estimate of drug-likeness (QED) is 0.287. The van der Waals surface area contributed by atoms with Crippen LogP contribution in [0.4, 0.5) is 0 Å². The second kappa shape index (κ2) is 9.68. The van der Waals surface area contributed by atoms with Crippen LogP contribution in [0.3, 0.4) is 0 Å². The SMILES string of the molecule is COc1ccc([C@@H](CC(=O)c2ccc3ccccc3c2)[C@H](C#N)c2ccc(Cl)cc2)cc1. The van der Waals surface area contributed by atoms with Gasteiger partial charge in [-0.1, -0.05) is 72.3 Å². The number of ether oxygens (including phenoxy) is 1. The Hall–Kier alpha value is -3.61. The zero-order valence-corrected chi connectivity index (χ0v) is 18.4. The highest BCUT2D eigenvalue weighted by Crippen LogP contribution is 2.37. The van der Waals surface area contributed by atoms with Gasteiger partial charge in [0.1, 0.15) is 5.75 Å². The third-order valence-electron chi connectivity index (χ3n) is 5.79. The molecule has 0 bridgehead atoms. The molecule has 3 nitrogen and oxygen atoms in total. The Bertz CT molecular complexity index is 1270. The van der Waals surface area contributed by atoms with Gasteiger partial charge in [-0.05, 0) is 52.2 Å². The van der Waals surface area contributed by atoms with Gasteiger partial charge in [-0.15, -0.1) is 0 Å². The standard InChI is InChI=1S/C28H22ClNO2/c1-32-25-14-10-20(11-15-25)26(27(18-30)21-8-12-24(29)13-9-21)17-28(31)23-7-6-19-4-2-3-5-22(19)16-23/h2-16,26-27H,17H2,1H3/t26-,27-/m1/s1. The Kier molecular flexibility index (Phi) is 6.54. The van der Waals surface area contributed by atoms with Gasteiger partial charge in [0.2, 0.25) is 0 Å². The normalized spacial score (nSPS) is 12.7. The van der Waals surface area contributed by atoms with E-state index >= 15 is 0 Å². The molecular weight excluding hydrogens is 418 g/mol. The van der Waals surface area contributed by atoms with Crippen LogP contribution >= 0.6 is 11.6 Å². The number of hydrogen-bond donors (Lipinski definition) is 0. The molecule has 32 heavy (non-hydrogen) atoms. The first-order valence-corrected chi connectivity index (χ1v) is 10.8. The monoisotopic (exact) mass is 439 g/mol. The van der Waals surface area contributed by atoms with Crippen LogP contribution in [0.5, 0.6) is 5.75 Å². The number of Topliss-reactive ketones (excluding diaryl/α,β-unsaturated/α-hetero) is 1. The van der Waals surface area contributed by atoms with Crippen LogP contribution in [0.25, 0.3) is 10.8 Å². The molecule has 4 aromatic rings. The lowest BCUT2D eigenvalue weighted by atomic mass is 9.78. The van der Waals surface area contributed by atoms with Crippen LogP contribution in [-0.2, 0) is 0 Å². The Morgan fingerprint density at radius 1 is 0.906 bits per heavy atom. The summed E-state index contributed by atoms with van der Waals surface area (Å²) in [4.78, 5) is 13.3. The van der Waals surface area contributed by atoms with Crippen LogP contribution in [-0.4, -0.2) is 12.9 Å². The first-order chi connectivity index (χ1) is 15.6. The van der Waals surface area contributed by atoms with E-state index in [0.717, 1.165) is 27.6 Å². The highest BCUT2D eigenvalue weighted by atomic mass is 35.5. The summed E-state index contributed by atoms with van der Waals surface area (Å²) in [5.41, 5.74) is 2.40. The number of carbonyl (C=O) groups excluding carboxylic acids is 1. The largest absolute Gasteiger partial charge is 0.497 e. The average Bonchev–Trinajstić information content (AvgIpc) is 2.84. The summed E-state index contributed by atoms with van der Waals surface area (Å²) in [6.07, 6.45) is 0.214. The van der Waals surface area contributed by atoms with Crippen molar-refractivity contribution >= 4 is 28.2 Å². The molecule has 0 amide bonds. The molecule has 0 spiro atoms. The maximum absolute atomic E-state index is 13.3. The van der Waals surface area contributed by atoms with Crippen molar-refractivity contribution in [3.05, 3.63) is 113 Å². The summed E-state index contributed by atoms with van der Waals surface area (Å²) >= 11 is 6.05. The fourth-order valence-electron chi connectivity index (χ4n) is 4.03. The second-order valence-electron chi connectivity index (χ2n) is 7.73. The fourth-order valence-corrected chi connectivity index (χ4v) is 4.15. The molecule has 0 saturated heterocycles. The minimum absolute atomic E-state index is 0.00536. The number of methoxy groups -OCH3 is 1. The third-order valence-corrected chi connectivity index (χ3v) is 6.04. The van der Waals surface area contributed by atoms with E-state index in [1.54, 1.807) is 19.2 Å². The van der Waals surface area contributed by atoms with Crippen LogP contribution < -0.4 is 4.74 Å². The summed E-state index contributed by atoms with van der Waals surface area (Å²) in [6.45, 7) is 0. The minimum atomic E-state index is -0.495. The number of nitriles is 1. The first-order valence-electron chi connectivity index (χ1n) is 10.4. The lowest BCUT2D eigenvalue weighted by Crippen LogP contribution is -2.15. The molecule has 0 radical (unpaired) electrons. The number of ketones is 1. The molecule has 0 unspecified atom stereocenters. The number of nitrogens with zero attached hydrogens (tertiary/aromatic N) is 1. The van der Waals surface area contributed by atoms with Crippen molar-refractivity contribution < 1.29 is 9.53 Å². The van der Waals surface area contributed by atoms with Gasteiger partial charge in [0.25, 0.3) is 0 Å². The summed E-state index contributed by atoms with van der Waals surface area (Å²) in [5, 5.41) is 12.8. The fraction of sp³-hybridized carbons (Fsp3) is 0.143. The zero-order valence-electron chi connectivity index (χ0n) is 17.7. The first kappa shape index (κ1) is 21.6. The Labute approximate surface area is 192 Å². The van der Waals surface area contributed by atoms with Crippen LogP contribution in [0.2, 0.25) is 5.02 Å². The molecular formula is C28H22ClNO2. The number of rotatable bonds is 7. The van der Waals surface area contributed by atoms with Gasteiger partial charge in [0.15, 0.2) is 5.78 Å². The molecule has 0 aliphatic heterocycles. The maximum atomic E-state index is 13.3. The molecule has 0 fully saturated rings. The van der Waals surface area contributed by atoms with Crippen molar-refractivity contribution in [3.8, 4) is 11.8 Å². The molecule has 0 saturated carbocycles. The van der Waals surface area contributed by atoms with E-state index in [0.29, 0.717) is 10.6 Å². The van der Waals surface area contributed by atoms with E-state index in [-0.39, 0.29) is 18.1 Å². The lowest BCUT2D eigenvalue weighted by Gasteiger charge is -2.23. The topological polar surface area (TPSA) is 50.1 Å². The summed E-state index contributed by atoms with van der Waals surface area (Å²) < 4.78 is 5.28. The molecule has 0 aliphatic rings. The predicted octanol–water partition coefficient (Wildman–Crippen LogP) is 7.17. The summed E-state index contributed by atoms with van der Waals surface area (Å²) in [7, 11) is 1.61. The number of benzene rings is 4. The highest BCUT2D eigenvalue weighted by Gasteiger charge is 2.28. The summed E-state index contributed by atoms with van der Waals surface area (Å²) in [5.74, 6) is -0.0738. The molecule has 4 aromatic carbocycles. The number of carbonyl (C=O) groups is 1. The zero-order chi connectivity index (χ0) is 22.5. The van der Waals surface area contributed by atoms with Crippen LogP contribution in [0.1, 0.15) is 39.7 Å². The van der Waals surface area contributed by atoms with E-state index in [4.69, 9.17) is 16.3 Å². The van der Waals surface area contributed by atoms with E-state index in [1.165, 1.54) is 0 Å². The van der Waals surface area contributed by atoms with Gasteiger partial charge in [-0.25, -0.2) is 0 Å². The van der Waals surface area contributed by atoms with Gasteiger partial charge in [-0.2, -0.15) is 5.26 Å². The van der Waals surface area contributed by atoms with Crippen molar-refractivity contribution in [2.75, 3.05) is 7.11 Å². The number of hydrogen-bond acceptors (Lipinski definition) is 3.